The summed E-state index contributed by atoms with van der Waals surface area (Å²) < 4.78 is 1.54. The fraction of sp³-hybridized carbons (Fsp3) is 0.636. The minimum Gasteiger partial charge on any atom is -0.354 e. The third-order valence-electron chi connectivity index (χ3n) is 2.36. The second-order valence-corrected chi connectivity index (χ2v) is 4.20. The highest BCUT2D eigenvalue weighted by atomic mass is 16.1. The summed E-state index contributed by atoms with van der Waals surface area (Å²) in [4.78, 5) is 17.7. The lowest BCUT2D eigenvalue weighted by Crippen LogP contribution is -2.36. The summed E-state index contributed by atoms with van der Waals surface area (Å²) in [6, 6.07) is 0.458. The van der Waals surface area contributed by atoms with E-state index < -0.39 is 0 Å². The normalized spacial score (nSPS) is 10.8. The van der Waals surface area contributed by atoms with E-state index >= 15 is 0 Å². The van der Waals surface area contributed by atoms with Crippen molar-refractivity contribution in [1.29, 1.82) is 0 Å². The molecule has 1 aromatic heterocycles. The van der Waals surface area contributed by atoms with Gasteiger partial charge in [-0.05, 0) is 0 Å². The van der Waals surface area contributed by atoms with E-state index in [0.717, 1.165) is 13.1 Å². The van der Waals surface area contributed by atoms with Crippen LogP contribution in [0.3, 0.4) is 0 Å². The Morgan fingerprint density at radius 2 is 2.25 bits per heavy atom. The third-order valence-corrected chi connectivity index (χ3v) is 2.36. The summed E-state index contributed by atoms with van der Waals surface area (Å²) in [6.07, 6.45) is 3.30. The molecule has 5 nitrogen and oxygen atoms in total. The van der Waals surface area contributed by atoms with Crippen molar-refractivity contribution in [3.05, 3.63) is 22.7 Å². The highest BCUT2D eigenvalue weighted by Gasteiger charge is 2.07. The summed E-state index contributed by atoms with van der Waals surface area (Å²) in [5.74, 6) is 0.496. The maximum absolute atomic E-state index is 11.7. The second kappa shape index (κ2) is 5.65. The Bertz CT molecular complexity index is 386. The lowest BCUT2D eigenvalue weighted by atomic mass is 10.4. The summed E-state index contributed by atoms with van der Waals surface area (Å²) in [6.45, 7) is 5.80. The van der Waals surface area contributed by atoms with Crippen LogP contribution in [-0.2, 0) is 7.05 Å². The van der Waals surface area contributed by atoms with Crippen LogP contribution in [0, 0.1) is 0 Å². The smallest absolute Gasteiger partial charge is 0.293 e. The van der Waals surface area contributed by atoms with Crippen molar-refractivity contribution in [1.82, 2.24) is 14.9 Å². The minimum atomic E-state index is -0.0606. The van der Waals surface area contributed by atoms with Crippen LogP contribution >= 0.6 is 0 Å². The first-order valence-corrected chi connectivity index (χ1v) is 5.48. The number of hydrogen-bond donors (Lipinski definition) is 1. The molecule has 1 heterocycles. The van der Waals surface area contributed by atoms with Gasteiger partial charge in [0.15, 0.2) is 5.82 Å². The van der Waals surface area contributed by atoms with Gasteiger partial charge in [-0.25, -0.2) is 4.98 Å². The van der Waals surface area contributed by atoms with Crippen molar-refractivity contribution in [2.24, 2.45) is 7.05 Å². The quantitative estimate of drug-likeness (QED) is 0.777. The molecule has 0 bridgehead atoms. The number of aromatic nitrogens is 2. The van der Waals surface area contributed by atoms with Gasteiger partial charge in [-0.15, -0.1) is 0 Å². The fourth-order valence-corrected chi connectivity index (χ4v) is 1.37. The summed E-state index contributed by atoms with van der Waals surface area (Å²) in [7, 11) is 3.61. The van der Waals surface area contributed by atoms with Gasteiger partial charge in [0, 0.05) is 45.6 Å². The molecule has 5 heteroatoms. The van der Waals surface area contributed by atoms with Crippen molar-refractivity contribution in [3.63, 3.8) is 0 Å². The van der Waals surface area contributed by atoms with Gasteiger partial charge in [-0.3, -0.25) is 4.79 Å². The van der Waals surface area contributed by atoms with E-state index in [-0.39, 0.29) is 5.56 Å². The van der Waals surface area contributed by atoms with Crippen LogP contribution in [0.15, 0.2) is 17.2 Å². The number of nitrogens with zero attached hydrogens (tertiary/aromatic N) is 3. The van der Waals surface area contributed by atoms with Crippen LogP contribution in [0.5, 0.6) is 0 Å². The SMILES string of the molecule is CC(C)NCCN(C)c1nccn(C)c1=O. The molecule has 1 aromatic rings. The molecule has 16 heavy (non-hydrogen) atoms. The van der Waals surface area contributed by atoms with Gasteiger partial charge in [-0.2, -0.15) is 0 Å². The van der Waals surface area contributed by atoms with E-state index in [4.69, 9.17) is 0 Å². The van der Waals surface area contributed by atoms with E-state index in [9.17, 15) is 4.79 Å². The standard InChI is InChI=1S/C11H20N4O/c1-9(2)12-5-7-14(3)10-11(16)15(4)8-6-13-10/h6,8-9,12H,5,7H2,1-4H3. The molecule has 0 saturated heterocycles. The van der Waals surface area contributed by atoms with Crippen LogP contribution in [0.1, 0.15) is 13.8 Å². The Balaban J connectivity index is 2.63. The Morgan fingerprint density at radius 1 is 1.56 bits per heavy atom. The number of likely N-dealkylation sites (N-methyl/N-ethyl adjacent to an activating group) is 1. The lowest BCUT2D eigenvalue weighted by Gasteiger charge is -2.18. The predicted octanol–water partition coefficient (Wildman–Crippen LogP) is 0.214. The molecule has 0 fully saturated rings. The van der Waals surface area contributed by atoms with Gasteiger partial charge in [0.05, 0.1) is 0 Å². The Kier molecular flexibility index (Phi) is 4.49. The van der Waals surface area contributed by atoms with Crippen LogP contribution in [0.2, 0.25) is 0 Å². The molecule has 0 aliphatic carbocycles. The van der Waals surface area contributed by atoms with E-state index in [1.807, 2.05) is 11.9 Å². The first-order chi connectivity index (χ1) is 7.52. The molecule has 0 saturated carbocycles. The number of aryl methyl sites for hydroxylation is 1. The molecule has 0 aliphatic rings. The molecule has 0 radical (unpaired) electrons. The minimum absolute atomic E-state index is 0.0606. The molecule has 90 valence electrons. The third kappa shape index (κ3) is 3.34. The second-order valence-electron chi connectivity index (χ2n) is 4.20. The summed E-state index contributed by atoms with van der Waals surface area (Å²) in [5.41, 5.74) is -0.0606. The van der Waals surface area contributed by atoms with Crippen molar-refractivity contribution < 1.29 is 0 Å². The summed E-state index contributed by atoms with van der Waals surface area (Å²) >= 11 is 0. The molecule has 0 amide bonds. The monoisotopic (exact) mass is 224 g/mol. The molecule has 0 atom stereocenters. The molecule has 0 spiro atoms. The van der Waals surface area contributed by atoms with Gasteiger partial charge < -0.3 is 14.8 Å². The number of anilines is 1. The molecule has 0 aromatic carbocycles. The van der Waals surface area contributed by atoms with Crippen molar-refractivity contribution in [2.45, 2.75) is 19.9 Å². The highest BCUT2D eigenvalue weighted by Crippen LogP contribution is 1.98. The van der Waals surface area contributed by atoms with Crippen LogP contribution < -0.4 is 15.8 Å². The molecule has 0 unspecified atom stereocenters. The number of nitrogens with one attached hydrogen (secondary N) is 1. The molecule has 1 N–H and O–H groups in total. The average Bonchev–Trinajstić information content (AvgIpc) is 2.21. The van der Waals surface area contributed by atoms with Gasteiger partial charge in [0.25, 0.3) is 5.56 Å². The highest BCUT2D eigenvalue weighted by molar-refractivity contribution is 5.34. The maximum atomic E-state index is 11.7. The molecular formula is C11H20N4O. The largest absolute Gasteiger partial charge is 0.354 e. The van der Waals surface area contributed by atoms with E-state index in [1.54, 1.807) is 19.4 Å². The van der Waals surface area contributed by atoms with Crippen molar-refractivity contribution >= 4 is 5.82 Å². The van der Waals surface area contributed by atoms with Crippen LogP contribution in [0.4, 0.5) is 5.82 Å². The van der Waals surface area contributed by atoms with Gasteiger partial charge >= 0.3 is 0 Å². The zero-order valence-corrected chi connectivity index (χ0v) is 10.4. The number of hydrogen-bond acceptors (Lipinski definition) is 4. The first kappa shape index (κ1) is 12.7. The Labute approximate surface area is 96.1 Å². The predicted molar refractivity (Wildman–Crippen MR) is 65.9 cm³/mol. The van der Waals surface area contributed by atoms with E-state index in [2.05, 4.69) is 24.1 Å². The first-order valence-electron chi connectivity index (χ1n) is 5.48. The molecular weight excluding hydrogens is 204 g/mol. The average molecular weight is 224 g/mol. The zero-order chi connectivity index (χ0) is 12.1. The topological polar surface area (TPSA) is 50.2 Å². The molecule has 0 aliphatic heterocycles. The Morgan fingerprint density at radius 3 is 2.88 bits per heavy atom. The van der Waals surface area contributed by atoms with Gasteiger partial charge in [-0.1, -0.05) is 13.8 Å². The van der Waals surface area contributed by atoms with Crippen LogP contribution in [0.25, 0.3) is 0 Å². The zero-order valence-electron chi connectivity index (χ0n) is 10.4. The molecule has 1 rings (SSSR count). The van der Waals surface area contributed by atoms with Crippen molar-refractivity contribution in [2.75, 3.05) is 25.0 Å². The van der Waals surface area contributed by atoms with Crippen molar-refractivity contribution in [3.8, 4) is 0 Å². The summed E-state index contributed by atoms with van der Waals surface area (Å²) in [5, 5.41) is 3.30. The maximum Gasteiger partial charge on any atom is 0.293 e. The Hall–Kier alpha value is -1.36. The van der Waals surface area contributed by atoms with Gasteiger partial charge in [0.1, 0.15) is 0 Å². The fourth-order valence-electron chi connectivity index (χ4n) is 1.37. The lowest BCUT2D eigenvalue weighted by molar-refractivity contribution is 0.587. The van der Waals surface area contributed by atoms with Gasteiger partial charge in [0.2, 0.25) is 0 Å². The van der Waals surface area contributed by atoms with Crippen LogP contribution in [-0.4, -0.2) is 35.7 Å². The number of rotatable bonds is 5. The van der Waals surface area contributed by atoms with E-state index in [1.165, 1.54) is 4.57 Å². The van der Waals surface area contributed by atoms with E-state index in [0.29, 0.717) is 11.9 Å².